The van der Waals surface area contributed by atoms with Crippen molar-refractivity contribution in [2.45, 2.75) is 38.5 Å². The number of aromatic amines is 1. The molecule has 0 saturated carbocycles. The Kier molecular flexibility index (Phi) is 5.63. The molecule has 3 aromatic heterocycles. The third-order valence-corrected chi connectivity index (χ3v) is 7.62. The Bertz CT molecular complexity index is 1490. The number of nitrogens with zero attached hydrogens (tertiary/aromatic N) is 5. The first kappa shape index (κ1) is 22.9. The van der Waals surface area contributed by atoms with Crippen LogP contribution < -0.4 is 10.6 Å². The molecule has 0 radical (unpaired) electrons. The number of hydrogen-bond donors (Lipinski definition) is 2. The molecule has 10 heteroatoms. The molecule has 2 saturated heterocycles. The number of benzene rings is 1. The number of nitrogens with two attached hydrogens (primary N) is 1. The lowest BCUT2D eigenvalue weighted by atomic mass is 9.73. The van der Waals surface area contributed by atoms with Crippen LogP contribution in [0.15, 0.2) is 30.6 Å². The van der Waals surface area contributed by atoms with Gasteiger partial charge in [-0.1, -0.05) is 18.1 Å². The molecule has 0 unspecified atom stereocenters. The van der Waals surface area contributed by atoms with Crippen LogP contribution in [0.2, 0.25) is 0 Å². The van der Waals surface area contributed by atoms with E-state index in [1.54, 1.807) is 24.4 Å². The maximum atomic E-state index is 14.8. The quantitative estimate of drug-likeness (QED) is 0.426. The molecule has 9 nitrogen and oxygen atoms in total. The van der Waals surface area contributed by atoms with E-state index in [1.165, 1.54) is 7.11 Å². The van der Waals surface area contributed by atoms with Crippen molar-refractivity contribution in [2.24, 2.45) is 11.1 Å². The number of halogens is 1. The smallest absolute Gasteiger partial charge is 0.213 e. The van der Waals surface area contributed by atoms with Gasteiger partial charge in [0.2, 0.25) is 5.95 Å². The van der Waals surface area contributed by atoms with Crippen molar-refractivity contribution in [1.82, 2.24) is 24.6 Å². The standard InChI is InChI=1S/C26H28FN7O2/c1-16-22(28)26(15-36-16)8-11-33(12-9-26)25-30-23-20(24-29-10-13-34(24)25)19(31-32-23)7-6-17-4-3-5-18(14-35-2)21(17)27/h3-5,10,13,16,22H,8-9,11-12,14-15,28H2,1-2H3,(H,31,32)/t16-,22+/m0/s1. The van der Waals surface area contributed by atoms with Crippen molar-refractivity contribution in [3.63, 3.8) is 0 Å². The van der Waals surface area contributed by atoms with E-state index in [4.69, 9.17) is 20.2 Å². The molecule has 2 aliphatic rings. The molecule has 2 atom stereocenters. The highest BCUT2D eigenvalue weighted by atomic mass is 19.1. The Labute approximate surface area is 207 Å². The van der Waals surface area contributed by atoms with Crippen LogP contribution in [0, 0.1) is 23.1 Å². The van der Waals surface area contributed by atoms with E-state index in [0.29, 0.717) is 40.1 Å². The average Bonchev–Trinajstić information content (AvgIpc) is 3.60. The summed E-state index contributed by atoms with van der Waals surface area (Å²) in [5.41, 5.74) is 9.05. The minimum Gasteiger partial charge on any atom is -0.380 e. The number of hydrogen-bond acceptors (Lipinski definition) is 7. The van der Waals surface area contributed by atoms with E-state index in [0.717, 1.165) is 31.9 Å². The third-order valence-electron chi connectivity index (χ3n) is 7.62. The second-order valence-electron chi connectivity index (χ2n) is 9.68. The molecule has 186 valence electrons. The monoisotopic (exact) mass is 489 g/mol. The maximum absolute atomic E-state index is 14.8. The van der Waals surface area contributed by atoms with Crippen molar-refractivity contribution in [3.8, 4) is 11.8 Å². The van der Waals surface area contributed by atoms with Gasteiger partial charge in [-0.2, -0.15) is 10.1 Å². The molecule has 6 rings (SSSR count). The highest BCUT2D eigenvalue weighted by Gasteiger charge is 2.47. The van der Waals surface area contributed by atoms with E-state index in [9.17, 15) is 4.39 Å². The molecule has 36 heavy (non-hydrogen) atoms. The molecule has 5 heterocycles. The van der Waals surface area contributed by atoms with Crippen LogP contribution in [0.1, 0.15) is 36.6 Å². The van der Waals surface area contributed by atoms with Crippen molar-refractivity contribution in [2.75, 3.05) is 31.7 Å². The largest absolute Gasteiger partial charge is 0.380 e. The van der Waals surface area contributed by atoms with Crippen molar-refractivity contribution >= 4 is 22.6 Å². The lowest BCUT2D eigenvalue weighted by Crippen LogP contribution is -2.51. The fraction of sp³-hybridized carbons (Fsp3) is 0.423. The number of imidazole rings is 1. The van der Waals surface area contributed by atoms with Crippen LogP contribution in [-0.4, -0.2) is 63.5 Å². The van der Waals surface area contributed by atoms with E-state index in [-0.39, 0.29) is 30.0 Å². The van der Waals surface area contributed by atoms with Gasteiger partial charge in [-0.3, -0.25) is 9.50 Å². The number of anilines is 1. The number of ether oxygens (including phenoxy) is 2. The molecule has 3 N–H and O–H groups in total. The molecular formula is C26H28FN7O2. The molecule has 2 aliphatic heterocycles. The molecule has 4 aromatic rings. The predicted octanol–water partition coefficient (Wildman–Crippen LogP) is 2.62. The summed E-state index contributed by atoms with van der Waals surface area (Å²) in [6, 6.07) is 5.15. The van der Waals surface area contributed by atoms with Gasteiger partial charge in [-0.15, -0.1) is 0 Å². The summed E-state index contributed by atoms with van der Waals surface area (Å²) in [6.45, 7) is 4.60. The average molecular weight is 490 g/mol. The van der Waals surface area contributed by atoms with Gasteiger partial charge in [-0.25, -0.2) is 9.37 Å². The number of fused-ring (bicyclic) bond motifs is 3. The summed E-state index contributed by atoms with van der Waals surface area (Å²) in [5, 5.41) is 8.08. The summed E-state index contributed by atoms with van der Waals surface area (Å²) in [6.07, 6.45) is 5.61. The van der Waals surface area contributed by atoms with Crippen LogP contribution in [0.3, 0.4) is 0 Å². The fourth-order valence-electron chi connectivity index (χ4n) is 5.44. The maximum Gasteiger partial charge on any atom is 0.213 e. The van der Waals surface area contributed by atoms with Gasteiger partial charge in [0.1, 0.15) is 11.5 Å². The van der Waals surface area contributed by atoms with Gasteiger partial charge in [0.05, 0.1) is 30.3 Å². The predicted molar refractivity (Wildman–Crippen MR) is 133 cm³/mol. The first-order chi connectivity index (χ1) is 17.5. The van der Waals surface area contributed by atoms with Crippen LogP contribution in [-0.2, 0) is 16.1 Å². The second kappa shape index (κ2) is 8.85. The highest BCUT2D eigenvalue weighted by molar-refractivity contribution is 5.94. The lowest BCUT2D eigenvalue weighted by Gasteiger charge is -2.41. The second-order valence-corrected chi connectivity index (χ2v) is 9.68. The van der Waals surface area contributed by atoms with Crippen LogP contribution in [0.4, 0.5) is 10.3 Å². The first-order valence-electron chi connectivity index (χ1n) is 12.1. The summed E-state index contributed by atoms with van der Waals surface area (Å²) >= 11 is 0. The third kappa shape index (κ3) is 3.63. The van der Waals surface area contributed by atoms with Crippen molar-refractivity contribution in [3.05, 3.63) is 53.2 Å². The zero-order valence-corrected chi connectivity index (χ0v) is 20.3. The molecule has 2 fully saturated rings. The van der Waals surface area contributed by atoms with E-state index < -0.39 is 0 Å². The molecule has 0 amide bonds. The van der Waals surface area contributed by atoms with Crippen molar-refractivity contribution < 1.29 is 13.9 Å². The van der Waals surface area contributed by atoms with Gasteiger partial charge in [0.25, 0.3) is 0 Å². The molecular weight excluding hydrogens is 461 g/mol. The zero-order valence-electron chi connectivity index (χ0n) is 20.3. The first-order valence-corrected chi connectivity index (χ1v) is 12.1. The number of aromatic nitrogens is 5. The zero-order chi connectivity index (χ0) is 24.9. The van der Waals surface area contributed by atoms with Crippen molar-refractivity contribution in [1.29, 1.82) is 0 Å². The van der Waals surface area contributed by atoms with Crippen LogP contribution in [0.5, 0.6) is 0 Å². The van der Waals surface area contributed by atoms with Gasteiger partial charge < -0.3 is 20.1 Å². The fourth-order valence-corrected chi connectivity index (χ4v) is 5.44. The molecule has 1 aromatic carbocycles. The van der Waals surface area contributed by atoms with E-state index in [2.05, 4.69) is 38.8 Å². The Balaban J connectivity index is 1.33. The summed E-state index contributed by atoms with van der Waals surface area (Å²) in [4.78, 5) is 11.7. The van der Waals surface area contributed by atoms with Gasteiger partial charge >= 0.3 is 0 Å². The van der Waals surface area contributed by atoms with Gasteiger partial charge in [-0.05, 0) is 31.8 Å². The summed E-state index contributed by atoms with van der Waals surface area (Å²) < 4.78 is 27.7. The SMILES string of the molecule is COCc1cccc(C#Cc2[nH]nc3nc(N4CCC5(CC4)CO[C@@H](C)[C@H]5N)n4ccnc4c23)c1F. The molecule has 1 spiro atoms. The van der Waals surface area contributed by atoms with Crippen LogP contribution >= 0.6 is 0 Å². The molecule has 0 bridgehead atoms. The number of piperidine rings is 1. The Morgan fingerprint density at radius 3 is 2.89 bits per heavy atom. The topological polar surface area (TPSA) is 107 Å². The Morgan fingerprint density at radius 1 is 1.31 bits per heavy atom. The highest BCUT2D eigenvalue weighted by Crippen LogP contribution is 2.42. The minimum absolute atomic E-state index is 0.0268. The molecule has 0 aliphatic carbocycles. The number of nitrogens with one attached hydrogen (secondary N) is 1. The number of rotatable bonds is 3. The Hall–Kier alpha value is -3.52. The summed E-state index contributed by atoms with van der Waals surface area (Å²) in [5.74, 6) is 6.36. The normalized spacial score (nSPS) is 21.4. The minimum atomic E-state index is -0.383. The van der Waals surface area contributed by atoms with E-state index in [1.807, 2.05) is 10.6 Å². The lowest BCUT2D eigenvalue weighted by molar-refractivity contribution is 0.0973. The summed E-state index contributed by atoms with van der Waals surface area (Å²) in [7, 11) is 1.53. The van der Waals surface area contributed by atoms with Crippen LogP contribution in [0.25, 0.3) is 16.7 Å². The Morgan fingerprint density at radius 2 is 2.14 bits per heavy atom. The van der Waals surface area contributed by atoms with Gasteiger partial charge in [0.15, 0.2) is 11.3 Å². The number of H-pyrrole nitrogens is 1. The number of methoxy groups -OCH3 is 1. The van der Waals surface area contributed by atoms with E-state index >= 15 is 0 Å². The van der Waals surface area contributed by atoms with Gasteiger partial charge in [0, 0.05) is 49.6 Å².